The highest BCUT2D eigenvalue weighted by atomic mass is 32.2. The van der Waals surface area contributed by atoms with Crippen LogP contribution < -0.4 is 24.2 Å². The fraction of sp³-hybridized carbons (Fsp3) is 0.227. The van der Waals surface area contributed by atoms with E-state index in [1.807, 2.05) is 6.07 Å². The standard InChI is InChI=1S/C22H22N2O7S/c1-28-16-5-7-17(8-6-16)32(26,27)24-18(19-3-2-10-29-19)12-22(25)23-13-15-4-9-20-21(11-15)31-14-30-20/h2-11,18,24H,12-14H2,1H3,(H,23,25). The smallest absolute Gasteiger partial charge is 0.241 e. The zero-order valence-corrected chi connectivity index (χ0v) is 18.1. The van der Waals surface area contributed by atoms with E-state index in [9.17, 15) is 13.2 Å². The predicted molar refractivity (Wildman–Crippen MR) is 114 cm³/mol. The quantitative estimate of drug-likeness (QED) is 0.506. The van der Waals surface area contributed by atoms with Crippen LogP contribution >= 0.6 is 0 Å². The van der Waals surface area contributed by atoms with E-state index in [-0.39, 0.29) is 30.6 Å². The number of carbonyl (C=O) groups is 1. The first-order valence-electron chi connectivity index (χ1n) is 9.79. The van der Waals surface area contributed by atoms with Crippen molar-refractivity contribution in [1.29, 1.82) is 0 Å². The number of rotatable bonds is 9. The largest absolute Gasteiger partial charge is 0.497 e. The first-order chi connectivity index (χ1) is 15.4. The van der Waals surface area contributed by atoms with Crippen LogP contribution in [0.15, 0.2) is 70.2 Å². The lowest BCUT2D eigenvalue weighted by molar-refractivity contribution is -0.121. The monoisotopic (exact) mass is 458 g/mol. The third-order valence-electron chi connectivity index (χ3n) is 4.87. The summed E-state index contributed by atoms with van der Waals surface area (Å²) in [4.78, 5) is 12.7. The second-order valence-corrected chi connectivity index (χ2v) is 8.75. The van der Waals surface area contributed by atoms with E-state index in [1.165, 1.54) is 25.5 Å². The number of fused-ring (bicyclic) bond motifs is 1. The zero-order valence-electron chi connectivity index (χ0n) is 17.2. The summed E-state index contributed by atoms with van der Waals surface area (Å²) in [6.45, 7) is 0.426. The van der Waals surface area contributed by atoms with Crippen LogP contribution in [0.25, 0.3) is 0 Å². The molecule has 1 amide bonds. The third kappa shape index (κ3) is 5.04. The number of furan rings is 1. The van der Waals surface area contributed by atoms with Gasteiger partial charge in [-0.05, 0) is 54.1 Å². The van der Waals surface area contributed by atoms with Crippen molar-refractivity contribution < 1.29 is 31.8 Å². The molecule has 9 nitrogen and oxygen atoms in total. The molecule has 2 heterocycles. The highest BCUT2D eigenvalue weighted by Crippen LogP contribution is 2.32. The van der Waals surface area contributed by atoms with Crippen LogP contribution in [0, 0.1) is 0 Å². The highest BCUT2D eigenvalue weighted by Gasteiger charge is 2.26. The number of benzene rings is 2. The average Bonchev–Trinajstić information content (AvgIpc) is 3.49. The van der Waals surface area contributed by atoms with Crippen molar-refractivity contribution in [3.05, 3.63) is 72.2 Å². The minimum Gasteiger partial charge on any atom is -0.497 e. The van der Waals surface area contributed by atoms with E-state index in [2.05, 4.69) is 10.0 Å². The van der Waals surface area contributed by atoms with Crippen LogP contribution in [0.5, 0.6) is 17.2 Å². The molecule has 1 aromatic heterocycles. The molecule has 1 aliphatic rings. The molecule has 0 radical (unpaired) electrons. The van der Waals surface area contributed by atoms with Crippen LogP contribution in [0.4, 0.5) is 0 Å². The lowest BCUT2D eigenvalue weighted by atomic mass is 10.1. The van der Waals surface area contributed by atoms with Crippen LogP contribution in [-0.2, 0) is 21.4 Å². The van der Waals surface area contributed by atoms with Crippen molar-refractivity contribution >= 4 is 15.9 Å². The summed E-state index contributed by atoms with van der Waals surface area (Å²) in [5.41, 5.74) is 0.830. The van der Waals surface area contributed by atoms with Gasteiger partial charge in [0.15, 0.2) is 11.5 Å². The molecule has 1 aliphatic heterocycles. The van der Waals surface area contributed by atoms with E-state index in [1.54, 1.807) is 36.4 Å². The van der Waals surface area contributed by atoms with Crippen molar-refractivity contribution in [1.82, 2.24) is 10.0 Å². The minimum atomic E-state index is -3.91. The van der Waals surface area contributed by atoms with Gasteiger partial charge >= 0.3 is 0 Å². The Morgan fingerprint density at radius 3 is 2.59 bits per heavy atom. The molecule has 2 aromatic carbocycles. The topological polar surface area (TPSA) is 116 Å². The molecule has 0 bridgehead atoms. The Balaban J connectivity index is 1.43. The van der Waals surface area contributed by atoms with Gasteiger partial charge in [-0.3, -0.25) is 4.79 Å². The lowest BCUT2D eigenvalue weighted by Gasteiger charge is -2.17. The van der Waals surface area contributed by atoms with Crippen molar-refractivity contribution in [2.45, 2.75) is 23.9 Å². The van der Waals surface area contributed by atoms with E-state index in [0.29, 0.717) is 23.0 Å². The molecular weight excluding hydrogens is 436 g/mol. The van der Waals surface area contributed by atoms with E-state index in [0.717, 1.165) is 5.56 Å². The predicted octanol–water partition coefficient (Wildman–Crippen LogP) is 2.74. The van der Waals surface area contributed by atoms with Crippen LogP contribution in [0.2, 0.25) is 0 Å². The second-order valence-electron chi connectivity index (χ2n) is 7.03. The normalized spacial score (nSPS) is 13.5. The molecule has 0 fully saturated rings. The fourth-order valence-electron chi connectivity index (χ4n) is 3.21. The van der Waals surface area contributed by atoms with E-state index < -0.39 is 16.1 Å². The number of nitrogens with one attached hydrogen (secondary N) is 2. The van der Waals surface area contributed by atoms with Crippen LogP contribution in [-0.4, -0.2) is 28.2 Å². The first kappa shape index (κ1) is 21.7. The summed E-state index contributed by atoms with van der Waals surface area (Å²) in [5.74, 6) is 1.81. The maximum Gasteiger partial charge on any atom is 0.241 e. The molecule has 0 spiro atoms. The van der Waals surface area contributed by atoms with Gasteiger partial charge in [-0.1, -0.05) is 6.07 Å². The Bertz CT molecular complexity index is 1180. The average molecular weight is 458 g/mol. The first-order valence-corrected chi connectivity index (χ1v) is 11.3. The summed E-state index contributed by atoms with van der Waals surface area (Å²) in [5, 5.41) is 2.79. The minimum absolute atomic E-state index is 0.0515. The molecule has 168 valence electrons. The summed E-state index contributed by atoms with van der Waals surface area (Å²) in [7, 11) is -2.41. The Hall–Kier alpha value is -3.50. The summed E-state index contributed by atoms with van der Waals surface area (Å²) < 4.78 is 49.3. The van der Waals surface area contributed by atoms with Gasteiger partial charge in [0.1, 0.15) is 11.5 Å². The lowest BCUT2D eigenvalue weighted by Crippen LogP contribution is -2.33. The van der Waals surface area contributed by atoms with Gasteiger partial charge in [0, 0.05) is 6.54 Å². The summed E-state index contributed by atoms with van der Waals surface area (Å²) >= 11 is 0. The summed E-state index contributed by atoms with van der Waals surface area (Å²) in [6, 6.07) is 13.7. The van der Waals surface area contributed by atoms with Gasteiger partial charge in [0.05, 0.1) is 30.7 Å². The molecule has 10 heteroatoms. The van der Waals surface area contributed by atoms with Gasteiger partial charge < -0.3 is 23.9 Å². The third-order valence-corrected chi connectivity index (χ3v) is 6.36. The molecule has 1 atom stereocenters. The number of sulfonamides is 1. The maximum absolute atomic E-state index is 12.9. The molecule has 1 unspecified atom stereocenters. The van der Waals surface area contributed by atoms with Gasteiger partial charge in [0.25, 0.3) is 0 Å². The number of amides is 1. The molecule has 4 rings (SSSR count). The second kappa shape index (κ2) is 9.33. The van der Waals surface area contributed by atoms with Gasteiger partial charge in [-0.25, -0.2) is 8.42 Å². The molecule has 2 N–H and O–H groups in total. The Morgan fingerprint density at radius 2 is 1.88 bits per heavy atom. The number of hydrogen-bond donors (Lipinski definition) is 2. The molecule has 0 saturated carbocycles. The van der Waals surface area contributed by atoms with Gasteiger partial charge in [-0.15, -0.1) is 0 Å². The Morgan fingerprint density at radius 1 is 1.09 bits per heavy atom. The molecule has 32 heavy (non-hydrogen) atoms. The molecular formula is C22H22N2O7S. The summed E-state index contributed by atoms with van der Waals surface area (Å²) in [6.07, 6.45) is 1.28. The number of methoxy groups -OCH3 is 1. The van der Waals surface area contributed by atoms with E-state index >= 15 is 0 Å². The number of ether oxygens (including phenoxy) is 3. The Labute approximate surface area is 185 Å². The van der Waals surface area contributed by atoms with Crippen LogP contribution in [0.3, 0.4) is 0 Å². The van der Waals surface area contributed by atoms with Gasteiger partial charge in [0.2, 0.25) is 22.7 Å². The molecule has 3 aromatic rings. The molecule has 0 aliphatic carbocycles. The Kier molecular flexibility index (Phi) is 6.33. The van der Waals surface area contributed by atoms with Crippen molar-refractivity contribution in [2.24, 2.45) is 0 Å². The van der Waals surface area contributed by atoms with Gasteiger partial charge in [-0.2, -0.15) is 4.72 Å². The van der Waals surface area contributed by atoms with Crippen molar-refractivity contribution in [2.75, 3.05) is 13.9 Å². The zero-order chi connectivity index (χ0) is 22.6. The number of carbonyl (C=O) groups excluding carboxylic acids is 1. The molecule has 0 saturated heterocycles. The maximum atomic E-state index is 12.9. The highest BCUT2D eigenvalue weighted by molar-refractivity contribution is 7.89. The SMILES string of the molecule is COc1ccc(S(=O)(=O)NC(CC(=O)NCc2ccc3c(c2)OCO3)c2ccco2)cc1. The van der Waals surface area contributed by atoms with Crippen LogP contribution in [0.1, 0.15) is 23.8 Å². The van der Waals surface area contributed by atoms with Crippen molar-refractivity contribution in [3.8, 4) is 17.2 Å². The van der Waals surface area contributed by atoms with E-state index in [4.69, 9.17) is 18.6 Å². The number of hydrogen-bond acceptors (Lipinski definition) is 7. The fourth-order valence-corrected chi connectivity index (χ4v) is 4.41. The van der Waals surface area contributed by atoms with Crippen molar-refractivity contribution in [3.63, 3.8) is 0 Å².